The van der Waals surface area contributed by atoms with E-state index in [0.717, 1.165) is 57.5 Å². The molecule has 1 fully saturated rings. The Bertz CT molecular complexity index is 415. The van der Waals surface area contributed by atoms with Crippen LogP contribution in [0.3, 0.4) is 0 Å². The number of nitrogens with zero attached hydrogens (tertiary/aromatic N) is 3. The molecule has 0 unspecified atom stereocenters. The summed E-state index contributed by atoms with van der Waals surface area (Å²) >= 11 is 0. The lowest BCUT2D eigenvalue weighted by atomic mass is 10.1. The molecule has 1 N–H and O–H groups in total. The van der Waals surface area contributed by atoms with Crippen molar-refractivity contribution in [3.8, 4) is 0 Å². The summed E-state index contributed by atoms with van der Waals surface area (Å²) in [6.07, 6.45) is 1.01. The molecule has 5 nitrogen and oxygen atoms in total. The summed E-state index contributed by atoms with van der Waals surface area (Å²) in [7, 11) is 0. The average molecular weight is 234 g/mol. The number of hydrogen-bond donors (Lipinski definition) is 1. The first-order valence-corrected chi connectivity index (χ1v) is 6.24. The summed E-state index contributed by atoms with van der Waals surface area (Å²) in [4.78, 5) is 11.5. The van der Waals surface area contributed by atoms with Crippen LogP contribution in [-0.4, -0.2) is 42.8 Å². The van der Waals surface area contributed by atoms with Gasteiger partial charge in [0.15, 0.2) is 0 Å². The van der Waals surface area contributed by atoms with E-state index in [2.05, 4.69) is 20.2 Å². The smallest absolute Gasteiger partial charge is 0.137 e. The van der Waals surface area contributed by atoms with Crippen LogP contribution in [-0.2, 0) is 17.7 Å². The Morgan fingerprint density at radius 2 is 2.06 bits per heavy atom. The van der Waals surface area contributed by atoms with E-state index in [1.54, 1.807) is 0 Å². The maximum Gasteiger partial charge on any atom is 0.137 e. The van der Waals surface area contributed by atoms with E-state index in [-0.39, 0.29) is 0 Å². The van der Waals surface area contributed by atoms with Crippen molar-refractivity contribution in [2.45, 2.75) is 19.9 Å². The van der Waals surface area contributed by atoms with Gasteiger partial charge in [-0.15, -0.1) is 0 Å². The lowest BCUT2D eigenvalue weighted by Gasteiger charge is -2.31. The van der Waals surface area contributed by atoms with Crippen molar-refractivity contribution in [3.63, 3.8) is 0 Å². The lowest BCUT2D eigenvalue weighted by molar-refractivity contribution is 0.122. The van der Waals surface area contributed by atoms with Crippen LogP contribution < -0.4 is 10.2 Å². The topological polar surface area (TPSA) is 50.3 Å². The SMILES string of the molecule is Cc1nc2c(c(N3CCOCC3)n1)CNCC2. The highest BCUT2D eigenvalue weighted by Gasteiger charge is 2.21. The Hall–Kier alpha value is -1.20. The summed E-state index contributed by atoms with van der Waals surface area (Å²) in [5, 5.41) is 3.40. The van der Waals surface area contributed by atoms with E-state index in [1.165, 1.54) is 11.3 Å². The number of nitrogens with one attached hydrogen (secondary N) is 1. The van der Waals surface area contributed by atoms with Gasteiger partial charge < -0.3 is 15.0 Å². The molecule has 1 saturated heterocycles. The fourth-order valence-corrected chi connectivity index (χ4v) is 2.48. The summed E-state index contributed by atoms with van der Waals surface area (Å²) in [5.41, 5.74) is 2.50. The van der Waals surface area contributed by atoms with Gasteiger partial charge in [0.25, 0.3) is 0 Å². The van der Waals surface area contributed by atoms with E-state index in [0.29, 0.717) is 0 Å². The molecule has 0 spiro atoms. The minimum Gasteiger partial charge on any atom is -0.378 e. The van der Waals surface area contributed by atoms with Gasteiger partial charge in [0, 0.05) is 38.2 Å². The van der Waals surface area contributed by atoms with Crippen molar-refractivity contribution in [2.75, 3.05) is 37.7 Å². The van der Waals surface area contributed by atoms with Crippen LogP contribution in [0.2, 0.25) is 0 Å². The number of fused-ring (bicyclic) bond motifs is 1. The molecule has 0 amide bonds. The molecule has 0 saturated carbocycles. The van der Waals surface area contributed by atoms with Crippen molar-refractivity contribution in [2.24, 2.45) is 0 Å². The Balaban J connectivity index is 1.98. The summed E-state index contributed by atoms with van der Waals surface area (Å²) in [6, 6.07) is 0. The normalized spacial score (nSPS) is 20.2. The summed E-state index contributed by atoms with van der Waals surface area (Å²) in [5.74, 6) is 2.00. The molecule has 1 aromatic heterocycles. The van der Waals surface area contributed by atoms with Gasteiger partial charge in [-0.3, -0.25) is 0 Å². The molecule has 2 aliphatic rings. The van der Waals surface area contributed by atoms with Gasteiger partial charge in [0.2, 0.25) is 0 Å². The second-order valence-electron chi connectivity index (χ2n) is 4.55. The maximum atomic E-state index is 5.39. The second kappa shape index (κ2) is 4.58. The van der Waals surface area contributed by atoms with Crippen LogP contribution in [0, 0.1) is 6.92 Å². The third-order valence-corrected chi connectivity index (χ3v) is 3.33. The molecular weight excluding hydrogens is 216 g/mol. The highest BCUT2D eigenvalue weighted by molar-refractivity contribution is 5.50. The van der Waals surface area contributed by atoms with Crippen LogP contribution in [0.4, 0.5) is 5.82 Å². The van der Waals surface area contributed by atoms with E-state index < -0.39 is 0 Å². The number of rotatable bonds is 1. The first-order valence-electron chi connectivity index (χ1n) is 6.24. The third kappa shape index (κ3) is 2.12. The lowest BCUT2D eigenvalue weighted by Crippen LogP contribution is -2.39. The molecule has 0 bridgehead atoms. The van der Waals surface area contributed by atoms with Crippen LogP contribution in [0.15, 0.2) is 0 Å². The van der Waals surface area contributed by atoms with Crippen LogP contribution in [0.1, 0.15) is 17.1 Å². The van der Waals surface area contributed by atoms with Crippen LogP contribution in [0.25, 0.3) is 0 Å². The number of anilines is 1. The van der Waals surface area contributed by atoms with Gasteiger partial charge in [0.05, 0.1) is 18.9 Å². The van der Waals surface area contributed by atoms with Crippen molar-refractivity contribution in [1.29, 1.82) is 0 Å². The number of aromatic nitrogens is 2. The number of aryl methyl sites for hydroxylation is 1. The fraction of sp³-hybridized carbons (Fsp3) is 0.667. The van der Waals surface area contributed by atoms with Gasteiger partial charge in [-0.05, 0) is 6.92 Å². The molecule has 0 aliphatic carbocycles. The number of morpholine rings is 1. The largest absolute Gasteiger partial charge is 0.378 e. The predicted octanol–water partition coefficient (Wildman–Crippen LogP) is 0.267. The van der Waals surface area contributed by atoms with E-state index in [4.69, 9.17) is 4.74 Å². The standard InChI is InChI=1S/C12H18N4O/c1-9-14-11-2-3-13-8-10(11)12(15-9)16-4-6-17-7-5-16/h13H,2-8H2,1H3. The highest BCUT2D eigenvalue weighted by atomic mass is 16.5. The van der Waals surface area contributed by atoms with Crippen LogP contribution >= 0.6 is 0 Å². The molecule has 17 heavy (non-hydrogen) atoms. The first kappa shape index (κ1) is 10.9. The molecule has 1 aromatic rings. The molecule has 5 heteroatoms. The monoisotopic (exact) mass is 234 g/mol. The number of hydrogen-bond acceptors (Lipinski definition) is 5. The fourth-order valence-electron chi connectivity index (χ4n) is 2.48. The first-order chi connectivity index (χ1) is 8.34. The van der Waals surface area contributed by atoms with Crippen LogP contribution in [0.5, 0.6) is 0 Å². The van der Waals surface area contributed by atoms with Gasteiger partial charge in [-0.1, -0.05) is 0 Å². The minimum atomic E-state index is 0.797. The predicted molar refractivity (Wildman–Crippen MR) is 65.2 cm³/mol. The zero-order valence-electron chi connectivity index (χ0n) is 10.2. The van der Waals surface area contributed by atoms with E-state index in [1.807, 2.05) is 6.92 Å². The van der Waals surface area contributed by atoms with E-state index >= 15 is 0 Å². The van der Waals surface area contributed by atoms with Crippen molar-refractivity contribution < 1.29 is 4.74 Å². The zero-order chi connectivity index (χ0) is 11.7. The Labute approximate surface area is 101 Å². The van der Waals surface area contributed by atoms with Gasteiger partial charge >= 0.3 is 0 Å². The Morgan fingerprint density at radius 1 is 1.24 bits per heavy atom. The van der Waals surface area contributed by atoms with Crippen molar-refractivity contribution in [3.05, 3.63) is 17.1 Å². The molecule has 0 aromatic carbocycles. The van der Waals surface area contributed by atoms with Crippen molar-refractivity contribution >= 4 is 5.82 Å². The number of ether oxygens (including phenoxy) is 1. The molecule has 0 atom stereocenters. The minimum absolute atomic E-state index is 0.797. The van der Waals surface area contributed by atoms with Gasteiger partial charge in [-0.25, -0.2) is 9.97 Å². The molecule has 3 rings (SSSR count). The average Bonchev–Trinajstić information content (AvgIpc) is 2.39. The maximum absolute atomic E-state index is 5.39. The third-order valence-electron chi connectivity index (χ3n) is 3.33. The van der Waals surface area contributed by atoms with Crippen molar-refractivity contribution in [1.82, 2.24) is 15.3 Å². The zero-order valence-corrected chi connectivity index (χ0v) is 10.2. The summed E-state index contributed by atoms with van der Waals surface area (Å²) < 4.78 is 5.39. The molecule has 3 heterocycles. The second-order valence-corrected chi connectivity index (χ2v) is 4.55. The molecule has 92 valence electrons. The highest BCUT2D eigenvalue weighted by Crippen LogP contribution is 2.24. The molecule has 2 aliphatic heterocycles. The van der Waals surface area contributed by atoms with Gasteiger partial charge in [-0.2, -0.15) is 0 Å². The molecular formula is C12H18N4O. The van der Waals surface area contributed by atoms with E-state index in [9.17, 15) is 0 Å². The Kier molecular flexibility index (Phi) is 2.94. The molecule has 0 radical (unpaired) electrons. The Morgan fingerprint density at radius 3 is 2.88 bits per heavy atom. The summed E-state index contributed by atoms with van der Waals surface area (Å²) in [6.45, 7) is 7.35. The quantitative estimate of drug-likeness (QED) is 0.756. The van der Waals surface area contributed by atoms with Gasteiger partial charge in [0.1, 0.15) is 11.6 Å².